The Morgan fingerprint density at radius 1 is 0.600 bits per heavy atom. The molecule has 2 bridgehead atoms. The first-order valence-electron chi connectivity index (χ1n) is 5.71. The van der Waals surface area contributed by atoms with E-state index in [1.54, 1.807) is 0 Å². The van der Waals surface area contributed by atoms with Gasteiger partial charge in [-0.05, 0) is 41.9 Å². The lowest BCUT2D eigenvalue weighted by molar-refractivity contribution is -0.0154. The molecule has 4 heteroatoms. The van der Waals surface area contributed by atoms with Gasteiger partial charge < -0.3 is 20.4 Å². The molecule has 0 heterocycles. The predicted molar refractivity (Wildman–Crippen MR) is 53.9 cm³/mol. The molecule has 0 aromatic carbocycles. The summed E-state index contributed by atoms with van der Waals surface area (Å²) in [5, 5.41) is 37.2. The van der Waals surface area contributed by atoms with Crippen LogP contribution in [0.4, 0.5) is 0 Å². The van der Waals surface area contributed by atoms with E-state index in [1.807, 2.05) is 0 Å². The molecule has 0 aromatic rings. The van der Waals surface area contributed by atoms with Crippen LogP contribution in [0, 0.1) is 35.5 Å². The van der Waals surface area contributed by atoms with Crippen molar-refractivity contribution in [3.8, 4) is 0 Å². The molecule has 2 saturated carbocycles. The van der Waals surface area contributed by atoms with Crippen molar-refractivity contribution in [3.63, 3.8) is 0 Å². The Kier molecular flexibility index (Phi) is 3.30. The third-order valence-corrected chi connectivity index (χ3v) is 4.69. The fourth-order valence-electron chi connectivity index (χ4n) is 4.00. The van der Waals surface area contributed by atoms with Gasteiger partial charge in [-0.25, -0.2) is 0 Å². The lowest BCUT2D eigenvalue weighted by Gasteiger charge is -2.38. The quantitative estimate of drug-likeness (QED) is 0.489. The van der Waals surface area contributed by atoms with Crippen molar-refractivity contribution in [2.75, 3.05) is 26.4 Å². The van der Waals surface area contributed by atoms with Crippen molar-refractivity contribution < 1.29 is 20.4 Å². The molecule has 0 spiro atoms. The van der Waals surface area contributed by atoms with E-state index < -0.39 is 0 Å². The van der Waals surface area contributed by atoms with Gasteiger partial charge in [0.15, 0.2) is 0 Å². The van der Waals surface area contributed by atoms with Gasteiger partial charge >= 0.3 is 0 Å². The van der Waals surface area contributed by atoms with Crippen LogP contribution in [-0.2, 0) is 0 Å². The first kappa shape index (κ1) is 11.3. The average molecular weight is 216 g/mol. The highest BCUT2D eigenvalue weighted by molar-refractivity contribution is 5.04. The standard InChI is InChI=1S/C11H20O4/c12-2-8-6-1-7(9(8)3-13)11(5-15)10(6)4-14/h6-15H,1-5H2. The number of hydrogen-bond donors (Lipinski definition) is 4. The van der Waals surface area contributed by atoms with Crippen molar-refractivity contribution in [2.24, 2.45) is 35.5 Å². The monoisotopic (exact) mass is 216 g/mol. The van der Waals surface area contributed by atoms with Gasteiger partial charge in [-0.1, -0.05) is 0 Å². The summed E-state index contributed by atoms with van der Waals surface area (Å²) >= 11 is 0. The second kappa shape index (κ2) is 4.37. The Morgan fingerprint density at radius 2 is 0.867 bits per heavy atom. The van der Waals surface area contributed by atoms with Crippen molar-refractivity contribution in [2.45, 2.75) is 6.42 Å². The molecular formula is C11H20O4. The molecule has 0 aliphatic heterocycles. The molecule has 0 amide bonds. The van der Waals surface area contributed by atoms with Crippen LogP contribution in [0.15, 0.2) is 0 Å². The van der Waals surface area contributed by atoms with Crippen LogP contribution in [0.25, 0.3) is 0 Å². The van der Waals surface area contributed by atoms with Crippen LogP contribution in [-0.4, -0.2) is 46.9 Å². The van der Waals surface area contributed by atoms with Gasteiger partial charge in [-0.15, -0.1) is 0 Å². The molecular weight excluding hydrogens is 196 g/mol. The highest BCUT2D eigenvalue weighted by atomic mass is 16.3. The fraction of sp³-hybridized carbons (Fsp3) is 1.00. The third-order valence-electron chi connectivity index (χ3n) is 4.69. The Labute approximate surface area is 89.6 Å². The number of hydrogen-bond acceptors (Lipinski definition) is 4. The molecule has 2 aliphatic rings. The zero-order valence-corrected chi connectivity index (χ0v) is 8.79. The first-order valence-corrected chi connectivity index (χ1v) is 5.71. The van der Waals surface area contributed by atoms with Gasteiger partial charge in [0, 0.05) is 26.4 Å². The minimum atomic E-state index is 0.0844. The topological polar surface area (TPSA) is 80.9 Å². The van der Waals surface area contributed by atoms with Gasteiger partial charge in [0.2, 0.25) is 0 Å². The second-order valence-corrected chi connectivity index (χ2v) is 4.95. The van der Waals surface area contributed by atoms with E-state index in [0.717, 1.165) is 6.42 Å². The van der Waals surface area contributed by atoms with Gasteiger partial charge in [-0.2, -0.15) is 0 Å². The molecule has 0 aromatic heterocycles. The molecule has 4 N–H and O–H groups in total. The zero-order chi connectivity index (χ0) is 11.0. The van der Waals surface area contributed by atoms with Gasteiger partial charge in [0.05, 0.1) is 0 Å². The molecule has 2 rings (SSSR count). The number of aliphatic hydroxyl groups excluding tert-OH is 4. The van der Waals surface area contributed by atoms with Gasteiger partial charge in [0.25, 0.3) is 0 Å². The summed E-state index contributed by atoms with van der Waals surface area (Å²) in [5.74, 6) is 0.999. The Morgan fingerprint density at radius 3 is 1.07 bits per heavy atom. The van der Waals surface area contributed by atoms with E-state index in [2.05, 4.69) is 0 Å². The minimum Gasteiger partial charge on any atom is -0.396 e. The van der Waals surface area contributed by atoms with Crippen molar-refractivity contribution >= 4 is 0 Å². The molecule has 88 valence electrons. The summed E-state index contributed by atoms with van der Waals surface area (Å²) in [5.41, 5.74) is 0. The largest absolute Gasteiger partial charge is 0.396 e. The van der Waals surface area contributed by atoms with E-state index in [9.17, 15) is 20.4 Å². The van der Waals surface area contributed by atoms with Crippen LogP contribution in [0.5, 0.6) is 0 Å². The van der Waals surface area contributed by atoms with Crippen molar-refractivity contribution in [3.05, 3.63) is 0 Å². The van der Waals surface area contributed by atoms with Gasteiger partial charge in [-0.3, -0.25) is 0 Å². The first-order chi connectivity index (χ1) is 7.28. The second-order valence-electron chi connectivity index (χ2n) is 4.95. The Hall–Kier alpha value is -0.160. The van der Waals surface area contributed by atoms with Crippen molar-refractivity contribution in [1.82, 2.24) is 0 Å². The van der Waals surface area contributed by atoms with Crippen LogP contribution in [0.2, 0.25) is 0 Å². The minimum absolute atomic E-state index is 0.0844. The lowest BCUT2D eigenvalue weighted by atomic mass is 9.69. The Balaban J connectivity index is 2.17. The zero-order valence-electron chi connectivity index (χ0n) is 8.79. The highest BCUT2D eigenvalue weighted by Crippen LogP contribution is 2.57. The molecule has 0 saturated heterocycles. The molecule has 0 radical (unpaired) electrons. The molecule has 15 heavy (non-hydrogen) atoms. The van der Waals surface area contributed by atoms with E-state index in [1.165, 1.54) is 0 Å². The number of rotatable bonds is 4. The summed E-state index contributed by atoms with van der Waals surface area (Å²) < 4.78 is 0. The average Bonchev–Trinajstić information content (AvgIpc) is 2.80. The van der Waals surface area contributed by atoms with Crippen LogP contribution in [0.1, 0.15) is 6.42 Å². The van der Waals surface area contributed by atoms with E-state index >= 15 is 0 Å². The van der Waals surface area contributed by atoms with E-state index in [0.29, 0.717) is 0 Å². The third kappa shape index (κ3) is 1.51. The summed E-state index contributed by atoms with van der Waals surface area (Å²) in [4.78, 5) is 0. The molecule has 4 atom stereocenters. The van der Waals surface area contributed by atoms with E-state index in [4.69, 9.17) is 0 Å². The normalized spacial score (nSPS) is 48.8. The maximum absolute atomic E-state index is 9.31. The smallest absolute Gasteiger partial charge is 0.0465 e. The summed E-state index contributed by atoms with van der Waals surface area (Å²) in [6.07, 6.45) is 0.937. The van der Waals surface area contributed by atoms with Gasteiger partial charge in [0.1, 0.15) is 0 Å². The fourth-order valence-corrected chi connectivity index (χ4v) is 4.00. The molecule has 2 fully saturated rings. The Bertz CT molecular complexity index is 179. The molecule has 2 aliphatic carbocycles. The van der Waals surface area contributed by atoms with Crippen molar-refractivity contribution in [1.29, 1.82) is 0 Å². The predicted octanol–water partition coefficient (Wildman–Crippen LogP) is -0.930. The summed E-state index contributed by atoms with van der Waals surface area (Å²) in [6, 6.07) is 0. The maximum Gasteiger partial charge on any atom is 0.0465 e. The summed E-state index contributed by atoms with van der Waals surface area (Å²) in [7, 11) is 0. The number of aliphatic hydroxyl groups is 4. The SMILES string of the molecule is OCC1C(CO)C2CC1C(CO)C2CO. The van der Waals surface area contributed by atoms with Crippen LogP contribution >= 0.6 is 0 Å². The van der Waals surface area contributed by atoms with Crippen LogP contribution < -0.4 is 0 Å². The lowest BCUT2D eigenvalue weighted by Crippen LogP contribution is -2.41. The van der Waals surface area contributed by atoms with E-state index in [-0.39, 0.29) is 61.9 Å². The van der Waals surface area contributed by atoms with Crippen LogP contribution in [0.3, 0.4) is 0 Å². The number of fused-ring (bicyclic) bond motifs is 2. The summed E-state index contributed by atoms with van der Waals surface area (Å²) in [6.45, 7) is 0.337. The maximum atomic E-state index is 9.31. The molecule has 4 nitrogen and oxygen atoms in total. The molecule has 4 unspecified atom stereocenters. The highest BCUT2D eigenvalue weighted by Gasteiger charge is 2.56.